The van der Waals surface area contributed by atoms with Crippen molar-refractivity contribution in [1.82, 2.24) is 4.90 Å². The van der Waals surface area contributed by atoms with E-state index in [1.807, 2.05) is 6.07 Å². The molecule has 1 aromatic carbocycles. The number of piperidine rings is 1. The first-order valence-corrected chi connectivity index (χ1v) is 8.65. The van der Waals surface area contributed by atoms with E-state index in [4.69, 9.17) is 4.42 Å². The highest BCUT2D eigenvalue weighted by molar-refractivity contribution is 5.86. The summed E-state index contributed by atoms with van der Waals surface area (Å²) in [6, 6.07) is 3.66. The molecule has 0 saturated carbocycles. The topological polar surface area (TPSA) is 53.7 Å². The first-order valence-electron chi connectivity index (χ1n) is 8.65. The summed E-state index contributed by atoms with van der Waals surface area (Å²) in [6.45, 7) is 5.00. The van der Waals surface area contributed by atoms with E-state index in [0.717, 1.165) is 60.3 Å². The SMILES string of the molecule is CC1CCN(Cc2c(O)ccc3c4c(c(=O)oc23)CCC4)CC1. The van der Waals surface area contributed by atoms with Gasteiger partial charge in [0.1, 0.15) is 11.3 Å². The average Bonchev–Trinajstić information content (AvgIpc) is 3.03. The van der Waals surface area contributed by atoms with Gasteiger partial charge in [0.2, 0.25) is 0 Å². The molecule has 0 spiro atoms. The number of phenolic OH excluding ortho intramolecular Hbond substituents is 1. The second-order valence-electron chi connectivity index (χ2n) is 7.10. The molecule has 122 valence electrons. The van der Waals surface area contributed by atoms with Crippen LogP contribution in [-0.4, -0.2) is 23.1 Å². The Morgan fingerprint density at radius 3 is 2.74 bits per heavy atom. The van der Waals surface area contributed by atoms with Crippen molar-refractivity contribution in [2.45, 2.75) is 45.6 Å². The van der Waals surface area contributed by atoms with Crippen LogP contribution in [0.4, 0.5) is 0 Å². The van der Waals surface area contributed by atoms with Gasteiger partial charge in [0.25, 0.3) is 0 Å². The molecule has 2 heterocycles. The monoisotopic (exact) mass is 313 g/mol. The number of hydrogen-bond donors (Lipinski definition) is 1. The molecule has 2 aromatic rings. The van der Waals surface area contributed by atoms with Gasteiger partial charge in [-0.05, 0) is 68.8 Å². The molecule has 1 aliphatic heterocycles. The third-order valence-corrected chi connectivity index (χ3v) is 5.48. The lowest BCUT2D eigenvalue weighted by Gasteiger charge is -2.30. The molecule has 1 fully saturated rings. The second-order valence-corrected chi connectivity index (χ2v) is 7.10. The Bertz CT molecular complexity index is 800. The number of benzene rings is 1. The minimum absolute atomic E-state index is 0.218. The van der Waals surface area contributed by atoms with Crippen molar-refractivity contribution in [3.05, 3.63) is 39.2 Å². The van der Waals surface area contributed by atoms with Crippen LogP contribution in [0.25, 0.3) is 11.0 Å². The summed E-state index contributed by atoms with van der Waals surface area (Å²) in [6.07, 6.45) is 5.13. The second kappa shape index (κ2) is 5.68. The average molecular weight is 313 g/mol. The van der Waals surface area contributed by atoms with Gasteiger partial charge in [-0.15, -0.1) is 0 Å². The van der Waals surface area contributed by atoms with Gasteiger partial charge in [-0.25, -0.2) is 4.79 Å². The van der Waals surface area contributed by atoms with Gasteiger partial charge in [0.15, 0.2) is 0 Å². The molecule has 4 heteroatoms. The smallest absolute Gasteiger partial charge is 0.339 e. The van der Waals surface area contributed by atoms with Crippen LogP contribution in [0.15, 0.2) is 21.3 Å². The Labute approximate surface area is 135 Å². The fraction of sp³-hybridized carbons (Fsp3) is 0.526. The highest BCUT2D eigenvalue weighted by Gasteiger charge is 2.24. The third kappa shape index (κ3) is 2.55. The van der Waals surface area contributed by atoms with Gasteiger partial charge in [-0.3, -0.25) is 4.90 Å². The van der Waals surface area contributed by atoms with Gasteiger partial charge >= 0.3 is 5.63 Å². The highest BCUT2D eigenvalue weighted by Crippen LogP contribution is 2.34. The van der Waals surface area contributed by atoms with Crippen molar-refractivity contribution in [3.8, 4) is 5.75 Å². The van der Waals surface area contributed by atoms with E-state index < -0.39 is 0 Å². The molecule has 1 N–H and O–H groups in total. The maximum atomic E-state index is 12.3. The molecule has 0 amide bonds. The quantitative estimate of drug-likeness (QED) is 0.865. The van der Waals surface area contributed by atoms with Crippen molar-refractivity contribution in [3.63, 3.8) is 0 Å². The Hall–Kier alpha value is -1.81. The summed E-state index contributed by atoms with van der Waals surface area (Å²) < 4.78 is 5.64. The lowest BCUT2D eigenvalue weighted by Crippen LogP contribution is -2.32. The van der Waals surface area contributed by atoms with Crippen LogP contribution in [0, 0.1) is 5.92 Å². The molecule has 0 bridgehead atoms. The standard InChI is InChI=1S/C19H23NO3/c1-12-7-9-20(10-8-12)11-16-17(21)6-5-14-13-3-2-4-15(13)19(22)23-18(14)16/h5-6,12,21H,2-4,7-11H2,1H3. The number of aryl methyl sites for hydroxylation is 1. The van der Waals surface area contributed by atoms with Gasteiger partial charge in [0, 0.05) is 17.5 Å². The molecule has 0 unspecified atom stereocenters. The molecule has 1 saturated heterocycles. The number of rotatable bonds is 2. The summed E-state index contributed by atoms with van der Waals surface area (Å²) >= 11 is 0. The summed E-state index contributed by atoms with van der Waals surface area (Å²) in [5, 5.41) is 11.4. The molecule has 2 aliphatic rings. The molecule has 4 nitrogen and oxygen atoms in total. The Balaban J connectivity index is 1.78. The van der Waals surface area contributed by atoms with Crippen molar-refractivity contribution in [2.75, 3.05) is 13.1 Å². The van der Waals surface area contributed by atoms with Crippen LogP contribution in [0.5, 0.6) is 5.75 Å². The van der Waals surface area contributed by atoms with E-state index in [1.54, 1.807) is 6.07 Å². The third-order valence-electron chi connectivity index (χ3n) is 5.48. The maximum Gasteiger partial charge on any atom is 0.339 e. The number of phenols is 1. The molecular formula is C19H23NO3. The predicted octanol–water partition coefficient (Wildman–Crippen LogP) is 3.22. The van der Waals surface area contributed by atoms with E-state index in [1.165, 1.54) is 12.8 Å². The van der Waals surface area contributed by atoms with Gasteiger partial charge in [-0.2, -0.15) is 0 Å². The molecule has 1 aliphatic carbocycles. The zero-order chi connectivity index (χ0) is 16.0. The Kier molecular flexibility index (Phi) is 3.64. The summed E-state index contributed by atoms with van der Waals surface area (Å²) in [4.78, 5) is 14.6. The summed E-state index contributed by atoms with van der Waals surface area (Å²) in [5.74, 6) is 1.01. The van der Waals surface area contributed by atoms with Crippen LogP contribution < -0.4 is 5.63 Å². The largest absolute Gasteiger partial charge is 0.507 e. The first kappa shape index (κ1) is 14.8. The first-order chi connectivity index (χ1) is 11.1. The van der Waals surface area contributed by atoms with Crippen LogP contribution >= 0.6 is 0 Å². The molecule has 4 rings (SSSR count). The number of hydrogen-bond acceptors (Lipinski definition) is 4. The number of aromatic hydroxyl groups is 1. The van der Waals surface area contributed by atoms with E-state index in [2.05, 4.69) is 11.8 Å². The Morgan fingerprint density at radius 1 is 1.22 bits per heavy atom. The van der Waals surface area contributed by atoms with E-state index in [-0.39, 0.29) is 11.4 Å². The van der Waals surface area contributed by atoms with E-state index in [9.17, 15) is 9.90 Å². The molecule has 23 heavy (non-hydrogen) atoms. The molecular weight excluding hydrogens is 290 g/mol. The molecule has 0 atom stereocenters. The van der Waals surface area contributed by atoms with Gasteiger partial charge < -0.3 is 9.52 Å². The normalized spacial score (nSPS) is 19.3. The van der Waals surface area contributed by atoms with E-state index >= 15 is 0 Å². The Morgan fingerprint density at radius 2 is 1.96 bits per heavy atom. The van der Waals surface area contributed by atoms with Crippen LogP contribution in [0.2, 0.25) is 0 Å². The summed E-state index contributed by atoms with van der Waals surface area (Å²) in [7, 11) is 0. The number of fused-ring (bicyclic) bond motifs is 3. The molecule has 0 radical (unpaired) electrons. The van der Waals surface area contributed by atoms with Crippen LogP contribution in [0.1, 0.15) is 42.9 Å². The zero-order valence-electron chi connectivity index (χ0n) is 13.6. The van der Waals surface area contributed by atoms with Gasteiger partial charge in [0.05, 0.1) is 5.56 Å². The number of nitrogens with zero attached hydrogens (tertiary/aromatic N) is 1. The predicted molar refractivity (Wildman–Crippen MR) is 89.8 cm³/mol. The van der Waals surface area contributed by atoms with Crippen LogP contribution in [0.3, 0.4) is 0 Å². The van der Waals surface area contributed by atoms with Crippen molar-refractivity contribution in [1.29, 1.82) is 0 Å². The van der Waals surface area contributed by atoms with Crippen molar-refractivity contribution >= 4 is 11.0 Å². The lowest BCUT2D eigenvalue weighted by atomic mass is 9.98. The minimum Gasteiger partial charge on any atom is -0.507 e. The minimum atomic E-state index is -0.218. The van der Waals surface area contributed by atoms with Gasteiger partial charge in [-0.1, -0.05) is 6.92 Å². The highest BCUT2D eigenvalue weighted by atomic mass is 16.4. The zero-order valence-corrected chi connectivity index (χ0v) is 13.6. The maximum absolute atomic E-state index is 12.3. The summed E-state index contributed by atoms with van der Waals surface area (Å²) in [5.41, 5.74) is 3.10. The van der Waals surface area contributed by atoms with Crippen LogP contribution in [-0.2, 0) is 19.4 Å². The number of likely N-dealkylation sites (tertiary alicyclic amines) is 1. The van der Waals surface area contributed by atoms with Crippen molar-refractivity contribution < 1.29 is 9.52 Å². The fourth-order valence-electron chi connectivity index (χ4n) is 3.99. The lowest BCUT2D eigenvalue weighted by molar-refractivity contribution is 0.183. The molecule has 1 aromatic heterocycles. The van der Waals surface area contributed by atoms with E-state index in [0.29, 0.717) is 12.1 Å². The fourth-order valence-corrected chi connectivity index (χ4v) is 3.99. The van der Waals surface area contributed by atoms with Crippen molar-refractivity contribution in [2.24, 2.45) is 5.92 Å².